The fourth-order valence-corrected chi connectivity index (χ4v) is 3.59. The van der Waals surface area contributed by atoms with Crippen molar-refractivity contribution in [3.05, 3.63) is 35.7 Å². The Balaban J connectivity index is 1.47. The van der Waals surface area contributed by atoms with Crippen molar-refractivity contribution >= 4 is 22.9 Å². The summed E-state index contributed by atoms with van der Waals surface area (Å²) >= 11 is 1.59. The molecule has 0 bridgehead atoms. The van der Waals surface area contributed by atoms with Crippen LogP contribution in [-0.4, -0.2) is 52.4 Å². The Morgan fingerprint density at radius 3 is 3.04 bits per heavy atom. The molecule has 8 nitrogen and oxygen atoms in total. The number of thioether (sulfide) groups is 1. The van der Waals surface area contributed by atoms with Gasteiger partial charge in [-0.05, 0) is 6.07 Å². The Morgan fingerprint density at radius 2 is 2.19 bits per heavy atom. The number of nitrogens with zero attached hydrogens (tertiary/aromatic N) is 4. The molecule has 26 heavy (non-hydrogen) atoms. The number of hydroxylamine groups is 2. The number of aromatic amines is 1. The van der Waals surface area contributed by atoms with E-state index in [1.165, 1.54) is 0 Å². The van der Waals surface area contributed by atoms with Gasteiger partial charge in [0.25, 0.3) is 0 Å². The molecule has 0 spiro atoms. The summed E-state index contributed by atoms with van der Waals surface area (Å²) in [5.41, 5.74) is 3.64. The van der Waals surface area contributed by atoms with Crippen LogP contribution < -0.4 is 9.57 Å². The van der Waals surface area contributed by atoms with Gasteiger partial charge in [-0.15, -0.1) is 5.06 Å². The fourth-order valence-electron chi connectivity index (χ4n) is 2.73. The molecule has 9 heteroatoms. The monoisotopic (exact) mass is 373 g/mol. The molecule has 0 saturated carbocycles. The van der Waals surface area contributed by atoms with Gasteiger partial charge < -0.3 is 19.3 Å². The zero-order valence-electron chi connectivity index (χ0n) is 14.6. The molecule has 3 aromatic rings. The number of imidazole rings is 1. The summed E-state index contributed by atoms with van der Waals surface area (Å²) in [5.74, 6) is 2.11. The summed E-state index contributed by atoms with van der Waals surface area (Å²) in [7, 11) is 3.28. The van der Waals surface area contributed by atoms with Gasteiger partial charge in [-0.2, -0.15) is 4.98 Å². The predicted octanol–water partition coefficient (Wildman–Crippen LogP) is 2.41. The van der Waals surface area contributed by atoms with Gasteiger partial charge in [-0.3, -0.25) is 4.98 Å². The third-order valence-electron chi connectivity index (χ3n) is 4.06. The minimum absolute atomic E-state index is 0.552. The second kappa shape index (κ2) is 7.48. The standard InChI is InChI=1S/C17H19N5O3S/c1-23-8-7-22-9-11-13(18-6-5-14(11)25-22)10-26-17-19-12-3-4-15(24-2)20-16(12)21-17/h3-6H,7-10H2,1-2H3,(H,19,20,21). The maximum atomic E-state index is 5.83. The van der Waals surface area contributed by atoms with Crippen LogP contribution in [0.15, 0.2) is 29.6 Å². The molecule has 4 rings (SSSR count). The highest BCUT2D eigenvalue weighted by molar-refractivity contribution is 7.98. The molecular formula is C17H19N5O3S. The molecule has 4 heterocycles. The summed E-state index contributed by atoms with van der Waals surface area (Å²) in [4.78, 5) is 22.5. The number of methoxy groups -OCH3 is 2. The maximum absolute atomic E-state index is 5.83. The Kier molecular flexibility index (Phi) is 4.91. The first-order chi connectivity index (χ1) is 12.8. The molecular weight excluding hydrogens is 354 g/mol. The zero-order chi connectivity index (χ0) is 17.9. The third-order valence-corrected chi connectivity index (χ3v) is 4.95. The van der Waals surface area contributed by atoms with Crippen molar-refractivity contribution in [2.75, 3.05) is 27.4 Å². The molecule has 1 aliphatic heterocycles. The van der Waals surface area contributed by atoms with Gasteiger partial charge in [0.2, 0.25) is 5.88 Å². The first kappa shape index (κ1) is 17.1. The van der Waals surface area contributed by atoms with Gasteiger partial charge in [-0.25, -0.2) is 4.98 Å². The molecule has 0 fully saturated rings. The first-order valence-corrected chi connectivity index (χ1v) is 9.17. The SMILES string of the molecule is COCCN1Cc2c(ccnc2CSc2nc3nc(OC)ccc3[nH]2)O1. The quantitative estimate of drug-likeness (QED) is 0.632. The Hall–Kier alpha value is -2.36. The van der Waals surface area contributed by atoms with Crippen LogP contribution in [0.3, 0.4) is 0 Å². The number of ether oxygens (including phenoxy) is 2. The van der Waals surface area contributed by atoms with E-state index < -0.39 is 0 Å². The fraction of sp³-hybridized carbons (Fsp3) is 0.353. The van der Waals surface area contributed by atoms with E-state index in [2.05, 4.69) is 19.9 Å². The molecule has 0 saturated heterocycles. The van der Waals surface area contributed by atoms with Gasteiger partial charge in [-0.1, -0.05) is 11.8 Å². The van der Waals surface area contributed by atoms with Crippen molar-refractivity contribution < 1.29 is 14.3 Å². The lowest BCUT2D eigenvalue weighted by Crippen LogP contribution is -2.25. The lowest BCUT2D eigenvalue weighted by Gasteiger charge is -2.12. The highest BCUT2D eigenvalue weighted by atomic mass is 32.2. The van der Waals surface area contributed by atoms with Crippen molar-refractivity contribution in [3.8, 4) is 11.6 Å². The van der Waals surface area contributed by atoms with Crippen LogP contribution in [0.5, 0.6) is 11.6 Å². The summed E-state index contributed by atoms with van der Waals surface area (Å²) in [6.07, 6.45) is 1.78. The number of fused-ring (bicyclic) bond motifs is 2. The second-order valence-corrected chi connectivity index (χ2v) is 6.70. The lowest BCUT2D eigenvalue weighted by atomic mass is 10.2. The van der Waals surface area contributed by atoms with E-state index in [0.717, 1.165) is 34.2 Å². The molecule has 0 aliphatic carbocycles. The van der Waals surface area contributed by atoms with Gasteiger partial charge in [0.1, 0.15) is 0 Å². The van der Waals surface area contributed by atoms with Crippen molar-refractivity contribution in [2.24, 2.45) is 0 Å². The Bertz CT molecular complexity index is 917. The maximum Gasteiger partial charge on any atom is 0.215 e. The van der Waals surface area contributed by atoms with Crippen LogP contribution >= 0.6 is 11.8 Å². The van der Waals surface area contributed by atoms with Crippen molar-refractivity contribution in [1.29, 1.82) is 0 Å². The van der Waals surface area contributed by atoms with Gasteiger partial charge in [0, 0.05) is 36.8 Å². The zero-order valence-corrected chi connectivity index (χ0v) is 15.4. The highest BCUT2D eigenvalue weighted by Crippen LogP contribution is 2.32. The Morgan fingerprint density at radius 1 is 1.27 bits per heavy atom. The third kappa shape index (κ3) is 3.46. The molecule has 0 atom stereocenters. The Labute approximate surface area is 154 Å². The predicted molar refractivity (Wildman–Crippen MR) is 97.2 cm³/mol. The molecule has 1 aliphatic rings. The van der Waals surface area contributed by atoms with Crippen LogP contribution in [0.4, 0.5) is 0 Å². The van der Waals surface area contributed by atoms with Gasteiger partial charge in [0.15, 0.2) is 16.6 Å². The summed E-state index contributed by atoms with van der Waals surface area (Å²) in [6.45, 7) is 2.05. The average Bonchev–Trinajstić information content (AvgIpc) is 3.27. The van der Waals surface area contributed by atoms with E-state index in [9.17, 15) is 0 Å². The van der Waals surface area contributed by atoms with Crippen molar-refractivity contribution in [3.63, 3.8) is 0 Å². The largest absolute Gasteiger partial charge is 0.481 e. The van der Waals surface area contributed by atoms with Crippen LogP contribution in [-0.2, 0) is 17.0 Å². The number of hydrogen-bond acceptors (Lipinski definition) is 8. The van der Waals surface area contributed by atoms with Crippen molar-refractivity contribution in [1.82, 2.24) is 25.0 Å². The van der Waals surface area contributed by atoms with Crippen LogP contribution in [0, 0.1) is 0 Å². The number of rotatable bonds is 7. The second-order valence-electron chi connectivity index (χ2n) is 5.74. The first-order valence-electron chi connectivity index (χ1n) is 8.19. The molecule has 1 N–H and O–H groups in total. The molecule has 0 radical (unpaired) electrons. The van der Waals surface area contributed by atoms with Gasteiger partial charge in [0.05, 0.1) is 38.0 Å². The number of nitrogens with one attached hydrogen (secondary N) is 1. The van der Waals surface area contributed by atoms with Gasteiger partial charge >= 0.3 is 0 Å². The molecule has 0 aromatic carbocycles. The van der Waals surface area contributed by atoms with E-state index in [-0.39, 0.29) is 0 Å². The smallest absolute Gasteiger partial charge is 0.215 e. The number of hydrogen-bond donors (Lipinski definition) is 1. The summed E-state index contributed by atoms with van der Waals surface area (Å²) in [6, 6.07) is 5.62. The van der Waals surface area contributed by atoms with E-state index >= 15 is 0 Å². The highest BCUT2D eigenvalue weighted by Gasteiger charge is 2.24. The van der Waals surface area contributed by atoms with Crippen LogP contribution in [0.2, 0.25) is 0 Å². The average molecular weight is 373 g/mol. The number of aromatic nitrogens is 4. The number of H-pyrrole nitrogens is 1. The minimum Gasteiger partial charge on any atom is -0.481 e. The van der Waals surface area contributed by atoms with E-state index in [4.69, 9.17) is 14.3 Å². The molecule has 136 valence electrons. The topological polar surface area (TPSA) is 85.4 Å². The summed E-state index contributed by atoms with van der Waals surface area (Å²) in [5, 5.41) is 2.69. The van der Waals surface area contributed by atoms with E-state index in [1.54, 1.807) is 32.2 Å². The lowest BCUT2D eigenvalue weighted by molar-refractivity contribution is -0.0568. The summed E-state index contributed by atoms with van der Waals surface area (Å²) < 4.78 is 10.3. The van der Waals surface area contributed by atoms with Crippen LogP contribution in [0.25, 0.3) is 11.2 Å². The normalized spacial score (nSPS) is 13.8. The minimum atomic E-state index is 0.552. The number of pyridine rings is 2. The van der Waals surface area contributed by atoms with E-state index in [0.29, 0.717) is 30.4 Å². The van der Waals surface area contributed by atoms with E-state index in [1.807, 2.05) is 23.3 Å². The molecule has 0 unspecified atom stereocenters. The molecule has 3 aromatic heterocycles. The molecule has 0 amide bonds. The van der Waals surface area contributed by atoms with Crippen LogP contribution in [0.1, 0.15) is 11.3 Å². The van der Waals surface area contributed by atoms with Crippen molar-refractivity contribution in [2.45, 2.75) is 17.5 Å².